The number of anilines is 3. The van der Waals surface area contributed by atoms with E-state index in [1.54, 1.807) is 0 Å². The van der Waals surface area contributed by atoms with E-state index in [0.717, 1.165) is 62.0 Å². The Morgan fingerprint density at radius 2 is 0.631 bits per heavy atom. The van der Waals surface area contributed by atoms with Crippen LogP contribution >= 0.6 is 0 Å². The summed E-state index contributed by atoms with van der Waals surface area (Å²) < 4.78 is 11.9. The number of rotatable bonds is 7. The summed E-state index contributed by atoms with van der Waals surface area (Å²) in [5, 5.41) is 10.2. The maximum atomic E-state index is 7.20. The number of para-hydroxylation sites is 4. The predicted molar refractivity (Wildman–Crippen MR) is 273 cm³/mol. The molecule has 2 aromatic heterocycles. The van der Waals surface area contributed by atoms with E-state index in [1.165, 1.54) is 42.3 Å². The van der Waals surface area contributed by atoms with Crippen LogP contribution in [0, 0.1) is 0 Å². The Labute approximate surface area is 378 Å². The normalized spacial score (nSPS) is 12.4. The molecule has 13 rings (SSSR count). The standard InChI is InChI=1S/C60H41N3OSi/c1-4-20-45(21-5-1)65(46-22-6-2-7-23-46,47-24-8-3-9-25-47)48-26-18-19-42(39-48)63-57-37-35-43(61-53-31-14-10-27-49(53)50-28-11-15-32-54(50)61)40-59(57)64-60-41-44(36-38-58(60)63)62-55-33-16-12-29-51(55)52-30-13-17-34-56(52)62/h1-41H. The smallest absolute Gasteiger partial charge is 0.179 e. The van der Waals surface area contributed by atoms with Gasteiger partial charge in [-0.2, -0.15) is 0 Å². The van der Waals surface area contributed by atoms with E-state index in [1.807, 2.05) is 0 Å². The molecule has 0 N–H and O–H groups in total. The Balaban J connectivity index is 1.05. The molecule has 65 heavy (non-hydrogen) atoms. The van der Waals surface area contributed by atoms with E-state index >= 15 is 0 Å². The van der Waals surface area contributed by atoms with Crippen LogP contribution in [0.5, 0.6) is 11.5 Å². The highest BCUT2D eigenvalue weighted by molar-refractivity contribution is 7.19. The highest BCUT2D eigenvalue weighted by Crippen LogP contribution is 2.52. The summed E-state index contributed by atoms with van der Waals surface area (Å²) in [6, 6.07) is 90.8. The number of aromatic nitrogens is 2. The van der Waals surface area contributed by atoms with Gasteiger partial charge in [0.25, 0.3) is 0 Å². The summed E-state index contributed by atoms with van der Waals surface area (Å²) in [5.41, 5.74) is 9.76. The first-order chi connectivity index (χ1) is 32.3. The van der Waals surface area contributed by atoms with Crippen molar-refractivity contribution in [3.05, 3.63) is 249 Å². The van der Waals surface area contributed by atoms with E-state index in [-0.39, 0.29) is 0 Å². The maximum absolute atomic E-state index is 7.20. The Hall–Kier alpha value is -8.38. The zero-order valence-corrected chi connectivity index (χ0v) is 36.4. The molecule has 10 aromatic carbocycles. The molecule has 0 unspecified atom stereocenters. The first kappa shape index (κ1) is 37.2. The van der Waals surface area contributed by atoms with E-state index in [4.69, 9.17) is 4.74 Å². The van der Waals surface area contributed by atoms with E-state index in [0.29, 0.717) is 0 Å². The minimum absolute atomic E-state index is 0.791. The molecule has 306 valence electrons. The van der Waals surface area contributed by atoms with Crippen molar-refractivity contribution in [2.24, 2.45) is 0 Å². The van der Waals surface area contributed by atoms with Crippen molar-refractivity contribution in [3.63, 3.8) is 0 Å². The zero-order chi connectivity index (χ0) is 42.9. The fraction of sp³-hybridized carbons (Fsp3) is 0. The van der Waals surface area contributed by atoms with Crippen molar-refractivity contribution in [2.75, 3.05) is 4.90 Å². The van der Waals surface area contributed by atoms with Gasteiger partial charge in [0.05, 0.1) is 44.8 Å². The number of benzene rings is 10. The molecule has 0 bridgehead atoms. The molecular formula is C60H41N3OSi. The van der Waals surface area contributed by atoms with Crippen molar-refractivity contribution in [3.8, 4) is 22.9 Å². The van der Waals surface area contributed by atoms with Gasteiger partial charge in [-0.25, -0.2) is 0 Å². The van der Waals surface area contributed by atoms with Gasteiger partial charge in [0.2, 0.25) is 0 Å². The Morgan fingerprint density at radius 1 is 0.277 bits per heavy atom. The fourth-order valence-electron chi connectivity index (χ4n) is 10.7. The second kappa shape index (κ2) is 14.9. The van der Waals surface area contributed by atoms with Crippen molar-refractivity contribution in [1.29, 1.82) is 0 Å². The van der Waals surface area contributed by atoms with Crippen LogP contribution in [0.4, 0.5) is 17.1 Å². The molecule has 0 atom stereocenters. The minimum Gasteiger partial charge on any atom is -0.453 e. The van der Waals surface area contributed by atoms with Crippen molar-refractivity contribution in [1.82, 2.24) is 9.13 Å². The number of nitrogens with zero attached hydrogens (tertiary/aromatic N) is 3. The molecule has 0 saturated carbocycles. The Bertz CT molecular complexity index is 3400. The molecular weight excluding hydrogens is 807 g/mol. The average molecular weight is 848 g/mol. The van der Waals surface area contributed by atoms with Gasteiger partial charge in [-0.1, -0.05) is 176 Å². The third-order valence-electron chi connectivity index (χ3n) is 13.4. The van der Waals surface area contributed by atoms with Gasteiger partial charge >= 0.3 is 0 Å². The van der Waals surface area contributed by atoms with Gasteiger partial charge in [0.1, 0.15) is 0 Å². The third kappa shape index (κ3) is 5.69. The molecule has 0 radical (unpaired) electrons. The second-order valence-electron chi connectivity index (χ2n) is 16.9. The van der Waals surface area contributed by atoms with Gasteiger partial charge in [-0.05, 0) is 81.4 Å². The maximum Gasteiger partial charge on any atom is 0.179 e. The lowest BCUT2D eigenvalue weighted by Gasteiger charge is -2.37. The summed E-state index contributed by atoms with van der Waals surface area (Å²) in [7, 11) is -2.84. The zero-order valence-electron chi connectivity index (χ0n) is 35.4. The van der Waals surface area contributed by atoms with Crippen molar-refractivity contribution in [2.45, 2.75) is 0 Å². The van der Waals surface area contributed by atoms with Crippen LogP contribution in [-0.2, 0) is 0 Å². The largest absolute Gasteiger partial charge is 0.453 e. The topological polar surface area (TPSA) is 22.3 Å². The SMILES string of the molecule is c1ccc([Si](c2ccccc2)(c2ccccc2)c2cccc(N3c4ccc(-n5c6ccccc6c6ccccc65)cc4Oc4cc(-n5c6ccccc6c6ccccc65)ccc43)c2)cc1. The number of ether oxygens (including phenoxy) is 1. The first-order valence-electron chi connectivity index (χ1n) is 22.3. The van der Waals surface area contributed by atoms with Crippen LogP contribution in [-0.4, -0.2) is 17.2 Å². The molecule has 0 amide bonds. The highest BCUT2D eigenvalue weighted by atomic mass is 28.3. The van der Waals surface area contributed by atoms with Crippen molar-refractivity contribution < 1.29 is 4.74 Å². The van der Waals surface area contributed by atoms with Gasteiger partial charge in [-0.15, -0.1) is 0 Å². The summed E-state index contributed by atoms with van der Waals surface area (Å²) in [5.74, 6) is 1.58. The molecule has 0 saturated heterocycles. The molecule has 12 aromatic rings. The highest BCUT2D eigenvalue weighted by Gasteiger charge is 2.42. The molecule has 5 heteroatoms. The number of hydrogen-bond donors (Lipinski definition) is 0. The summed E-state index contributed by atoms with van der Waals surface area (Å²) in [6.45, 7) is 0. The first-order valence-corrected chi connectivity index (χ1v) is 24.3. The number of fused-ring (bicyclic) bond motifs is 8. The lowest BCUT2D eigenvalue weighted by molar-refractivity contribution is 0.476. The lowest BCUT2D eigenvalue weighted by Crippen LogP contribution is -2.74. The van der Waals surface area contributed by atoms with Crippen LogP contribution in [0.2, 0.25) is 0 Å². The summed E-state index contributed by atoms with van der Waals surface area (Å²) in [6.07, 6.45) is 0. The van der Waals surface area contributed by atoms with Crippen LogP contribution in [0.1, 0.15) is 0 Å². The van der Waals surface area contributed by atoms with Crippen molar-refractivity contribution >= 4 is 89.5 Å². The third-order valence-corrected chi connectivity index (χ3v) is 18.2. The molecule has 0 aliphatic carbocycles. The summed E-state index contributed by atoms with van der Waals surface area (Å²) in [4.78, 5) is 2.41. The van der Waals surface area contributed by atoms with Gasteiger partial charge in [0, 0.05) is 39.4 Å². The van der Waals surface area contributed by atoms with Gasteiger partial charge < -0.3 is 18.8 Å². The Kier molecular flexibility index (Phi) is 8.51. The van der Waals surface area contributed by atoms with E-state index in [2.05, 4.69) is 263 Å². The minimum atomic E-state index is -2.84. The average Bonchev–Trinajstić information content (AvgIpc) is 3.90. The second-order valence-corrected chi connectivity index (χ2v) is 20.7. The predicted octanol–water partition coefficient (Wildman–Crippen LogP) is 12.8. The van der Waals surface area contributed by atoms with E-state index in [9.17, 15) is 0 Å². The molecule has 1 aliphatic rings. The molecule has 0 fully saturated rings. The summed E-state index contributed by atoms with van der Waals surface area (Å²) >= 11 is 0. The van der Waals surface area contributed by atoms with Crippen LogP contribution in [0.25, 0.3) is 55.0 Å². The van der Waals surface area contributed by atoms with E-state index < -0.39 is 8.07 Å². The lowest BCUT2D eigenvalue weighted by atomic mass is 10.1. The monoisotopic (exact) mass is 847 g/mol. The fourth-order valence-corrected chi connectivity index (χ4v) is 15.5. The van der Waals surface area contributed by atoms with Gasteiger partial charge in [-0.3, -0.25) is 0 Å². The number of hydrogen-bond acceptors (Lipinski definition) is 2. The molecule has 0 spiro atoms. The molecule has 3 heterocycles. The molecule has 4 nitrogen and oxygen atoms in total. The Morgan fingerprint density at radius 3 is 1.03 bits per heavy atom. The van der Waals surface area contributed by atoms with Crippen LogP contribution < -0.4 is 30.4 Å². The van der Waals surface area contributed by atoms with Crippen LogP contribution in [0.3, 0.4) is 0 Å². The van der Waals surface area contributed by atoms with Gasteiger partial charge in [0.15, 0.2) is 19.6 Å². The van der Waals surface area contributed by atoms with Crippen LogP contribution in [0.15, 0.2) is 249 Å². The quantitative estimate of drug-likeness (QED) is 0.118. The molecule has 1 aliphatic heterocycles.